The van der Waals surface area contributed by atoms with Crippen molar-refractivity contribution in [3.63, 3.8) is 0 Å². The molecule has 1 aromatic carbocycles. The maximum Gasteiger partial charge on any atom is 0.257 e. The van der Waals surface area contributed by atoms with Gasteiger partial charge in [-0.2, -0.15) is 0 Å². The standard InChI is InChI=1S/C17H24N2O2/c1-21-16-6-3-2-5-15(16)17(20)19-10-4-9-18(11-12-19)13-14-7-8-14/h2-3,5-6,14H,4,7-13H2,1H3. The summed E-state index contributed by atoms with van der Waals surface area (Å²) in [7, 11) is 1.62. The number of benzene rings is 1. The first-order valence-electron chi connectivity index (χ1n) is 7.92. The Morgan fingerprint density at radius 3 is 2.76 bits per heavy atom. The molecule has 3 rings (SSSR count). The van der Waals surface area contributed by atoms with Crippen molar-refractivity contribution in [3.05, 3.63) is 29.8 Å². The Morgan fingerprint density at radius 1 is 1.19 bits per heavy atom. The Bertz CT molecular complexity index is 499. The minimum Gasteiger partial charge on any atom is -0.496 e. The summed E-state index contributed by atoms with van der Waals surface area (Å²) in [6.07, 6.45) is 3.84. The quantitative estimate of drug-likeness (QED) is 0.852. The van der Waals surface area contributed by atoms with Crippen LogP contribution in [0.2, 0.25) is 0 Å². The summed E-state index contributed by atoms with van der Waals surface area (Å²) in [6, 6.07) is 7.50. The second kappa shape index (κ2) is 6.48. The van der Waals surface area contributed by atoms with E-state index >= 15 is 0 Å². The Hall–Kier alpha value is -1.55. The zero-order valence-electron chi connectivity index (χ0n) is 12.8. The van der Waals surface area contributed by atoms with E-state index < -0.39 is 0 Å². The highest BCUT2D eigenvalue weighted by molar-refractivity contribution is 5.97. The lowest BCUT2D eigenvalue weighted by molar-refractivity contribution is 0.0758. The first-order valence-corrected chi connectivity index (χ1v) is 7.92. The number of hydrogen-bond donors (Lipinski definition) is 0. The molecule has 2 aliphatic rings. The molecule has 1 aromatic rings. The first-order chi connectivity index (χ1) is 10.3. The van der Waals surface area contributed by atoms with Crippen LogP contribution in [0.5, 0.6) is 5.75 Å². The van der Waals surface area contributed by atoms with Gasteiger partial charge >= 0.3 is 0 Å². The molecule has 0 bridgehead atoms. The highest BCUT2D eigenvalue weighted by atomic mass is 16.5. The smallest absolute Gasteiger partial charge is 0.257 e. The molecule has 0 aromatic heterocycles. The predicted molar refractivity (Wildman–Crippen MR) is 82.7 cm³/mol. The lowest BCUT2D eigenvalue weighted by Gasteiger charge is -2.22. The second-order valence-corrected chi connectivity index (χ2v) is 6.09. The van der Waals surface area contributed by atoms with Gasteiger partial charge in [-0.05, 0) is 43.9 Å². The number of carbonyl (C=O) groups excluding carboxylic acids is 1. The van der Waals surface area contributed by atoms with Crippen LogP contribution in [0.4, 0.5) is 0 Å². The Balaban J connectivity index is 1.64. The zero-order chi connectivity index (χ0) is 14.7. The van der Waals surface area contributed by atoms with Crippen molar-refractivity contribution in [2.24, 2.45) is 5.92 Å². The molecule has 4 heteroatoms. The van der Waals surface area contributed by atoms with Crippen molar-refractivity contribution in [2.75, 3.05) is 39.8 Å². The molecule has 0 radical (unpaired) electrons. The molecule has 1 aliphatic heterocycles. The number of methoxy groups -OCH3 is 1. The maximum absolute atomic E-state index is 12.7. The van der Waals surface area contributed by atoms with E-state index in [0.29, 0.717) is 11.3 Å². The molecule has 0 unspecified atom stereocenters. The van der Waals surface area contributed by atoms with Crippen LogP contribution in [0, 0.1) is 5.92 Å². The molecule has 2 fully saturated rings. The number of ether oxygens (including phenoxy) is 1. The van der Waals surface area contributed by atoms with Crippen molar-refractivity contribution in [1.82, 2.24) is 9.80 Å². The second-order valence-electron chi connectivity index (χ2n) is 6.09. The van der Waals surface area contributed by atoms with Gasteiger partial charge in [-0.3, -0.25) is 4.79 Å². The molecule has 114 valence electrons. The van der Waals surface area contributed by atoms with Crippen molar-refractivity contribution in [2.45, 2.75) is 19.3 Å². The summed E-state index contributed by atoms with van der Waals surface area (Å²) < 4.78 is 5.31. The van der Waals surface area contributed by atoms with E-state index in [4.69, 9.17) is 4.74 Å². The molecule has 0 spiro atoms. The summed E-state index contributed by atoms with van der Waals surface area (Å²) in [5, 5.41) is 0. The topological polar surface area (TPSA) is 32.8 Å². The van der Waals surface area contributed by atoms with E-state index in [1.54, 1.807) is 7.11 Å². The van der Waals surface area contributed by atoms with Crippen LogP contribution in [0.25, 0.3) is 0 Å². The van der Waals surface area contributed by atoms with E-state index in [1.165, 1.54) is 19.4 Å². The number of nitrogens with zero attached hydrogens (tertiary/aromatic N) is 2. The third-order valence-electron chi connectivity index (χ3n) is 4.43. The van der Waals surface area contributed by atoms with E-state index in [2.05, 4.69) is 4.90 Å². The lowest BCUT2D eigenvalue weighted by atomic mass is 10.1. The van der Waals surface area contributed by atoms with Gasteiger partial charge in [0.1, 0.15) is 5.75 Å². The summed E-state index contributed by atoms with van der Waals surface area (Å²) >= 11 is 0. The number of rotatable bonds is 4. The Labute approximate surface area is 126 Å². The molecule has 0 N–H and O–H groups in total. The zero-order valence-corrected chi connectivity index (χ0v) is 12.8. The van der Waals surface area contributed by atoms with Gasteiger partial charge in [0.15, 0.2) is 0 Å². The molecule has 1 heterocycles. The van der Waals surface area contributed by atoms with Crippen LogP contribution >= 0.6 is 0 Å². The van der Waals surface area contributed by atoms with E-state index in [0.717, 1.165) is 38.5 Å². The molecular weight excluding hydrogens is 264 g/mol. The van der Waals surface area contributed by atoms with Crippen LogP contribution in [0.1, 0.15) is 29.6 Å². The van der Waals surface area contributed by atoms with Gasteiger partial charge in [0.2, 0.25) is 0 Å². The highest BCUT2D eigenvalue weighted by Crippen LogP contribution is 2.30. The molecular formula is C17H24N2O2. The van der Waals surface area contributed by atoms with Gasteiger partial charge in [-0.25, -0.2) is 0 Å². The average molecular weight is 288 g/mol. The lowest BCUT2D eigenvalue weighted by Crippen LogP contribution is -2.35. The van der Waals surface area contributed by atoms with Crippen molar-refractivity contribution in [1.29, 1.82) is 0 Å². The fourth-order valence-corrected chi connectivity index (χ4v) is 3.01. The fourth-order valence-electron chi connectivity index (χ4n) is 3.01. The molecule has 1 saturated heterocycles. The van der Waals surface area contributed by atoms with Gasteiger partial charge in [-0.15, -0.1) is 0 Å². The SMILES string of the molecule is COc1ccccc1C(=O)N1CCCN(CC2CC2)CC1. The van der Waals surface area contributed by atoms with Crippen molar-refractivity contribution < 1.29 is 9.53 Å². The third kappa shape index (κ3) is 3.56. The minimum absolute atomic E-state index is 0.0979. The van der Waals surface area contributed by atoms with Crippen LogP contribution < -0.4 is 4.74 Å². The largest absolute Gasteiger partial charge is 0.496 e. The summed E-state index contributed by atoms with van der Waals surface area (Å²) in [5.74, 6) is 1.68. The van der Waals surface area contributed by atoms with Gasteiger partial charge in [0.25, 0.3) is 5.91 Å². The van der Waals surface area contributed by atoms with Gasteiger partial charge in [0.05, 0.1) is 12.7 Å². The third-order valence-corrected chi connectivity index (χ3v) is 4.43. The number of amides is 1. The van der Waals surface area contributed by atoms with Crippen molar-refractivity contribution >= 4 is 5.91 Å². The van der Waals surface area contributed by atoms with Gasteiger partial charge in [0, 0.05) is 26.2 Å². The molecule has 1 amide bonds. The molecule has 21 heavy (non-hydrogen) atoms. The highest BCUT2D eigenvalue weighted by Gasteiger charge is 2.27. The van der Waals surface area contributed by atoms with Crippen LogP contribution in [-0.2, 0) is 0 Å². The Morgan fingerprint density at radius 2 is 2.00 bits per heavy atom. The monoisotopic (exact) mass is 288 g/mol. The van der Waals surface area contributed by atoms with E-state index in [9.17, 15) is 4.79 Å². The molecule has 1 aliphatic carbocycles. The maximum atomic E-state index is 12.7. The summed E-state index contributed by atoms with van der Waals surface area (Å²) in [6.45, 7) is 5.00. The first kappa shape index (κ1) is 14.4. The summed E-state index contributed by atoms with van der Waals surface area (Å²) in [4.78, 5) is 17.2. The van der Waals surface area contributed by atoms with E-state index in [-0.39, 0.29) is 5.91 Å². The van der Waals surface area contributed by atoms with Crippen LogP contribution in [-0.4, -0.2) is 55.5 Å². The van der Waals surface area contributed by atoms with E-state index in [1.807, 2.05) is 29.2 Å². The number of carbonyl (C=O) groups is 1. The molecule has 4 nitrogen and oxygen atoms in total. The molecule has 1 saturated carbocycles. The van der Waals surface area contributed by atoms with Gasteiger partial charge in [-0.1, -0.05) is 12.1 Å². The minimum atomic E-state index is 0.0979. The van der Waals surface area contributed by atoms with Gasteiger partial charge < -0.3 is 14.5 Å². The normalized spacial score (nSPS) is 20.1. The number of para-hydroxylation sites is 1. The van der Waals surface area contributed by atoms with Crippen molar-refractivity contribution in [3.8, 4) is 5.75 Å². The predicted octanol–water partition coefficient (Wildman–Crippen LogP) is 2.25. The average Bonchev–Trinajstić information content (AvgIpc) is 3.34. The fraction of sp³-hybridized carbons (Fsp3) is 0.588. The molecule has 0 atom stereocenters. The summed E-state index contributed by atoms with van der Waals surface area (Å²) in [5.41, 5.74) is 0.677. The Kier molecular flexibility index (Phi) is 4.44. The number of hydrogen-bond acceptors (Lipinski definition) is 3. The van der Waals surface area contributed by atoms with Crippen LogP contribution in [0.3, 0.4) is 0 Å². The van der Waals surface area contributed by atoms with Crippen LogP contribution in [0.15, 0.2) is 24.3 Å².